The minimum Gasteiger partial charge on any atom is -0.369 e. The summed E-state index contributed by atoms with van der Waals surface area (Å²) in [5.41, 5.74) is 2.62. The lowest BCUT2D eigenvalue weighted by Gasteiger charge is -2.34. The lowest BCUT2D eigenvalue weighted by molar-refractivity contribution is 0.156. The summed E-state index contributed by atoms with van der Waals surface area (Å²) in [7, 11) is 2.14. The number of halogens is 2. The van der Waals surface area contributed by atoms with Gasteiger partial charge in [-0.1, -0.05) is 0 Å². The Hall–Kier alpha value is -3.30. The number of hydrogen-bond acceptors (Lipinski definition) is 7. The molecule has 9 heteroatoms. The van der Waals surface area contributed by atoms with Crippen LogP contribution in [0.2, 0.25) is 0 Å². The maximum Gasteiger partial charge on any atom is 0.158 e. The molecule has 0 bridgehead atoms. The zero-order valence-electron chi connectivity index (χ0n) is 18.4. The van der Waals surface area contributed by atoms with Gasteiger partial charge in [0, 0.05) is 56.1 Å². The Kier molecular flexibility index (Phi) is 6.06. The number of nitrogens with one attached hydrogen (secondary N) is 1. The highest BCUT2D eigenvalue weighted by molar-refractivity contribution is 5.62. The van der Waals surface area contributed by atoms with Gasteiger partial charge in [0.1, 0.15) is 23.8 Å². The summed E-state index contributed by atoms with van der Waals surface area (Å²) in [5, 5.41) is 4.89. The fourth-order valence-electron chi connectivity index (χ4n) is 4.27. The number of hydrogen-bond donors (Lipinski definition) is 1. The Morgan fingerprint density at radius 1 is 0.939 bits per heavy atom. The summed E-state index contributed by atoms with van der Waals surface area (Å²) in [6, 6.07) is 13.2. The van der Waals surface area contributed by atoms with Crippen molar-refractivity contribution in [3.63, 3.8) is 0 Å². The largest absolute Gasteiger partial charge is 0.369 e. The van der Waals surface area contributed by atoms with Crippen molar-refractivity contribution in [2.45, 2.75) is 12.5 Å². The van der Waals surface area contributed by atoms with Crippen molar-refractivity contribution in [1.82, 2.24) is 14.9 Å². The third-order valence-electron chi connectivity index (χ3n) is 6.06. The van der Waals surface area contributed by atoms with Gasteiger partial charge in [-0.15, -0.1) is 0 Å². The van der Waals surface area contributed by atoms with Gasteiger partial charge in [-0.2, -0.15) is 0 Å². The minimum atomic E-state index is -0.609. The van der Waals surface area contributed by atoms with Crippen LogP contribution in [0.15, 0.2) is 54.9 Å². The Bertz CT molecular complexity index is 1080. The number of likely N-dealkylation sites (N-methyl/N-ethyl adjacent to an activating group) is 1. The molecule has 1 atom stereocenters. The highest BCUT2D eigenvalue weighted by Crippen LogP contribution is 2.35. The lowest BCUT2D eigenvalue weighted by Crippen LogP contribution is -2.44. The summed E-state index contributed by atoms with van der Waals surface area (Å²) in [6.45, 7) is 4.59. The van der Waals surface area contributed by atoms with Gasteiger partial charge in [0.25, 0.3) is 0 Å². The molecular formula is C24H26F2N6O. The number of hydroxylamine groups is 1. The summed E-state index contributed by atoms with van der Waals surface area (Å²) < 4.78 is 27.5. The van der Waals surface area contributed by atoms with Crippen LogP contribution in [0.1, 0.15) is 18.0 Å². The van der Waals surface area contributed by atoms with Crippen molar-refractivity contribution in [2.75, 3.05) is 55.1 Å². The highest BCUT2D eigenvalue weighted by atomic mass is 19.1. The van der Waals surface area contributed by atoms with Crippen LogP contribution >= 0.6 is 0 Å². The van der Waals surface area contributed by atoms with E-state index in [4.69, 9.17) is 4.84 Å². The van der Waals surface area contributed by atoms with E-state index in [2.05, 4.69) is 44.3 Å². The molecule has 2 fully saturated rings. The smallest absolute Gasteiger partial charge is 0.158 e. The predicted molar refractivity (Wildman–Crippen MR) is 124 cm³/mol. The van der Waals surface area contributed by atoms with Crippen LogP contribution in [-0.2, 0) is 4.84 Å². The van der Waals surface area contributed by atoms with E-state index in [9.17, 15) is 8.78 Å². The van der Waals surface area contributed by atoms with Gasteiger partial charge in [-0.05, 0) is 49.0 Å². The van der Waals surface area contributed by atoms with E-state index in [0.717, 1.165) is 37.9 Å². The fourth-order valence-corrected chi connectivity index (χ4v) is 4.27. The van der Waals surface area contributed by atoms with Crippen LogP contribution in [0.4, 0.5) is 31.8 Å². The molecule has 0 spiro atoms. The monoisotopic (exact) mass is 452 g/mol. The second kappa shape index (κ2) is 9.29. The molecule has 2 aromatic carbocycles. The first-order valence-electron chi connectivity index (χ1n) is 11.1. The van der Waals surface area contributed by atoms with E-state index in [0.29, 0.717) is 30.2 Å². The molecule has 2 saturated heterocycles. The predicted octanol–water partition coefficient (Wildman–Crippen LogP) is 4.13. The van der Waals surface area contributed by atoms with E-state index >= 15 is 0 Å². The molecule has 3 heterocycles. The average molecular weight is 453 g/mol. The van der Waals surface area contributed by atoms with Crippen molar-refractivity contribution in [3.8, 4) is 0 Å². The van der Waals surface area contributed by atoms with Gasteiger partial charge < -0.3 is 15.1 Å². The Labute approximate surface area is 191 Å². The highest BCUT2D eigenvalue weighted by Gasteiger charge is 2.30. The molecule has 7 nitrogen and oxygen atoms in total. The van der Waals surface area contributed by atoms with E-state index in [-0.39, 0.29) is 6.04 Å². The van der Waals surface area contributed by atoms with E-state index in [1.165, 1.54) is 24.1 Å². The second-order valence-electron chi connectivity index (χ2n) is 8.39. The quantitative estimate of drug-likeness (QED) is 0.625. The zero-order chi connectivity index (χ0) is 22.8. The van der Waals surface area contributed by atoms with E-state index in [1.807, 2.05) is 12.1 Å². The summed E-state index contributed by atoms with van der Waals surface area (Å²) >= 11 is 0. The third-order valence-corrected chi connectivity index (χ3v) is 6.06. The molecule has 0 radical (unpaired) electrons. The second-order valence-corrected chi connectivity index (χ2v) is 8.39. The molecule has 0 aliphatic carbocycles. The van der Waals surface area contributed by atoms with Gasteiger partial charge in [0.05, 0.1) is 12.6 Å². The molecule has 172 valence electrons. The first-order chi connectivity index (χ1) is 16.0. The average Bonchev–Trinajstić information content (AvgIpc) is 3.30. The van der Waals surface area contributed by atoms with Gasteiger partial charge in [-0.25, -0.2) is 23.8 Å². The zero-order valence-corrected chi connectivity index (χ0v) is 18.4. The summed E-state index contributed by atoms with van der Waals surface area (Å²) in [5.74, 6) is -0.0930. The summed E-state index contributed by atoms with van der Waals surface area (Å²) in [6.07, 6.45) is 2.05. The molecule has 1 N–H and O–H groups in total. The number of rotatable bonds is 5. The van der Waals surface area contributed by atoms with Gasteiger partial charge in [-0.3, -0.25) is 4.84 Å². The molecule has 2 aliphatic rings. The van der Waals surface area contributed by atoms with Gasteiger partial charge in [0.15, 0.2) is 5.82 Å². The van der Waals surface area contributed by atoms with E-state index in [1.54, 1.807) is 11.1 Å². The maximum atomic E-state index is 13.7. The third kappa shape index (κ3) is 4.89. The molecule has 33 heavy (non-hydrogen) atoms. The van der Waals surface area contributed by atoms with Crippen LogP contribution in [0.5, 0.6) is 0 Å². The molecular weight excluding hydrogens is 426 g/mol. The topological polar surface area (TPSA) is 56.8 Å². The van der Waals surface area contributed by atoms with Crippen LogP contribution in [0, 0.1) is 11.6 Å². The molecule has 1 unspecified atom stereocenters. The normalized spacial score (nSPS) is 19.2. The number of benzene rings is 2. The molecule has 5 rings (SSSR count). The molecule has 0 saturated carbocycles. The van der Waals surface area contributed by atoms with Crippen molar-refractivity contribution in [3.05, 3.63) is 72.1 Å². The lowest BCUT2D eigenvalue weighted by atomic mass is 10.0. The number of aromatic nitrogens is 2. The Balaban J connectivity index is 1.30. The van der Waals surface area contributed by atoms with E-state index < -0.39 is 11.6 Å². The fraction of sp³-hybridized carbons (Fsp3) is 0.333. The summed E-state index contributed by atoms with van der Waals surface area (Å²) in [4.78, 5) is 19.1. The Morgan fingerprint density at radius 3 is 2.39 bits per heavy atom. The van der Waals surface area contributed by atoms with Crippen molar-refractivity contribution >= 4 is 23.0 Å². The van der Waals surface area contributed by atoms with Gasteiger partial charge >= 0.3 is 0 Å². The van der Waals surface area contributed by atoms with Gasteiger partial charge in [0.2, 0.25) is 0 Å². The van der Waals surface area contributed by atoms with Crippen molar-refractivity contribution < 1.29 is 13.6 Å². The molecule has 3 aromatic rings. The van der Waals surface area contributed by atoms with Crippen molar-refractivity contribution in [1.29, 1.82) is 0 Å². The van der Waals surface area contributed by atoms with Crippen LogP contribution in [0.25, 0.3) is 0 Å². The first kappa shape index (κ1) is 21.5. The van der Waals surface area contributed by atoms with Crippen LogP contribution in [-0.4, -0.2) is 54.7 Å². The first-order valence-corrected chi connectivity index (χ1v) is 11.1. The Morgan fingerprint density at radius 2 is 1.67 bits per heavy atom. The van der Waals surface area contributed by atoms with Crippen molar-refractivity contribution in [2.24, 2.45) is 0 Å². The number of anilines is 4. The minimum absolute atomic E-state index is 0.333. The molecule has 2 aliphatic heterocycles. The van der Waals surface area contributed by atoms with Crippen LogP contribution < -0.4 is 15.3 Å². The van der Waals surface area contributed by atoms with Crippen LogP contribution in [0.3, 0.4) is 0 Å². The molecule has 0 amide bonds. The number of nitrogens with zero attached hydrogens (tertiary/aromatic N) is 5. The standard InChI is InChI=1S/C24H26F2N6O/c1-30-7-9-31(10-8-30)21-4-2-20(3-5-21)29-23-15-24(28-16-27-23)32-22(6-11-33-32)17-12-18(25)14-19(26)13-17/h2-5,12-16,22H,6-11H2,1H3,(H,27,28,29). The SMILES string of the molecule is CN1CCN(c2ccc(Nc3cc(N4OCCC4c4cc(F)cc(F)c4)ncn3)cc2)CC1. The number of piperazine rings is 1. The molecule has 1 aromatic heterocycles. The maximum absolute atomic E-state index is 13.7.